The van der Waals surface area contributed by atoms with Crippen LogP contribution < -0.4 is 28.4 Å². The highest BCUT2D eigenvalue weighted by atomic mass is 35.5. The molecule has 1 saturated heterocycles. The van der Waals surface area contributed by atoms with Crippen LogP contribution in [0.25, 0.3) is 12.2 Å². The summed E-state index contributed by atoms with van der Waals surface area (Å²) < 4.78 is 32.7. The molecule has 0 radical (unpaired) electrons. The number of ether oxygens (including phenoxy) is 6. The van der Waals surface area contributed by atoms with Crippen molar-refractivity contribution in [1.82, 2.24) is 9.80 Å². The van der Waals surface area contributed by atoms with Crippen LogP contribution in [-0.2, 0) is 0 Å². The number of halogens is 2. The minimum absolute atomic E-state index is 0. The Hall–Kier alpha value is -2.78. The number of benzene rings is 2. The lowest BCUT2D eigenvalue weighted by Crippen LogP contribution is -2.31. The van der Waals surface area contributed by atoms with Crippen LogP contribution in [0.5, 0.6) is 34.5 Å². The summed E-state index contributed by atoms with van der Waals surface area (Å²) >= 11 is 0. The number of methoxy groups -OCH3 is 6. The van der Waals surface area contributed by atoms with E-state index in [-0.39, 0.29) is 24.8 Å². The fourth-order valence-electron chi connectivity index (χ4n) is 4.82. The highest BCUT2D eigenvalue weighted by molar-refractivity contribution is 5.85. The molecule has 3 rings (SSSR count). The van der Waals surface area contributed by atoms with Crippen LogP contribution in [0.4, 0.5) is 0 Å². The molecule has 2 aromatic carbocycles. The molecule has 0 aliphatic carbocycles. The van der Waals surface area contributed by atoms with Gasteiger partial charge in [-0.1, -0.05) is 24.3 Å². The van der Waals surface area contributed by atoms with Gasteiger partial charge in [0.25, 0.3) is 0 Å². The lowest BCUT2D eigenvalue weighted by molar-refractivity contribution is 0.262. The number of nitrogens with zero attached hydrogens (tertiary/aromatic N) is 2. The molecule has 0 atom stereocenters. The molecule has 0 N–H and O–H groups in total. The molecule has 8 nitrogen and oxygen atoms in total. The Bertz CT molecular complexity index is 977. The molecule has 1 heterocycles. The fourth-order valence-corrected chi connectivity index (χ4v) is 4.82. The van der Waals surface area contributed by atoms with E-state index in [2.05, 4.69) is 34.1 Å². The Morgan fingerprint density at radius 1 is 0.537 bits per heavy atom. The van der Waals surface area contributed by atoms with Gasteiger partial charge in [-0.25, -0.2) is 0 Å². The van der Waals surface area contributed by atoms with Gasteiger partial charge in [0.1, 0.15) is 0 Å². The molecule has 1 aliphatic heterocycles. The Morgan fingerprint density at radius 2 is 0.878 bits per heavy atom. The lowest BCUT2D eigenvalue weighted by Gasteiger charge is -2.21. The lowest BCUT2D eigenvalue weighted by atomic mass is 10.1. The van der Waals surface area contributed by atoms with E-state index in [0.29, 0.717) is 34.5 Å². The predicted molar refractivity (Wildman–Crippen MR) is 171 cm³/mol. The van der Waals surface area contributed by atoms with Gasteiger partial charge >= 0.3 is 0 Å². The average Bonchev–Trinajstić information content (AvgIpc) is 3.21. The third-order valence-corrected chi connectivity index (χ3v) is 6.90. The summed E-state index contributed by atoms with van der Waals surface area (Å²) in [6.45, 7) is 6.56. The van der Waals surface area contributed by atoms with Gasteiger partial charge < -0.3 is 38.2 Å². The van der Waals surface area contributed by atoms with Crippen LogP contribution in [-0.4, -0.2) is 91.7 Å². The third-order valence-electron chi connectivity index (χ3n) is 6.90. The molecule has 41 heavy (non-hydrogen) atoms. The molecule has 0 unspecified atom stereocenters. The molecule has 0 aromatic heterocycles. The van der Waals surface area contributed by atoms with E-state index in [1.165, 1.54) is 6.42 Å². The summed E-state index contributed by atoms with van der Waals surface area (Å²) in [4.78, 5) is 5.12. The maximum atomic E-state index is 5.46. The molecule has 1 aliphatic rings. The van der Waals surface area contributed by atoms with E-state index in [1.54, 1.807) is 42.7 Å². The van der Waals surface area contributed by atoms with Crippen molar-refractivity contribution < 1.29 is 28.4 Å². The molecule has 0 spiro atoms. The van der Waals surface area contributed by atoms with Crippen LogP contribution in [0.3, 0.4) is 0 Å². The highest BCUT2D eigenvalue weighted by Crippen LogP contribution is 2.39. The Kier molecular flexibility index (Phi) is 17.1. The van der Waals surface area contributed by atoms with Crippen molar-refractivity contribution in [3.05, 3.63) is 47.5 Å². The van der Waals surface area contributed by atoms with Crippen molar-refractivity contribution in [2.24, 2.45) is 0 Å². The minimum Gasteiger partial charge on any atom is -0.493 e. The van der Waals surface area contributed by atoms with E-state index in [0.717, 1.165) is 63.2 Å². The second-order valence-electron chi connectivity index (χ2n) is 9.34. The minimum atomic E-state index is 0. The van der Waals surface area contributed by atoms with Crippen LogP contribution in [0.2, 0.25) is 0 Å². The van der Waals surface area contributed by atoms with E-state index in [9.17, 15) is 0 Å². The molecule has 230 valence electrons. The van der Waals surface area contributed by atoms with Gasteiger partial charge in [0.05, 0.1) is 42.7 Å². The number of rotatable bonds is 14. The largest absolute Gasteiger partial charge is 0.493 e. The number of hydrogen-bond donors (Lipinski definition) is 0. The second kappa shape index (κ2) is 19.4. The zero-order chi connectivity index (χ0) is 28.0. The van der Waals surface area contributed by atoms with E-state index < -0.39 is 0 Å². The molecular formula is C31H46Cl2N2O6. The molecule has 0 amide bonds. The molecule has 1 fully saturated rings. The Balaban J connectivity index is 0.00000420. The van der Waals surface area contributed by atoms with Gasteiger partial charge in [-0.05, 0) is 67.7 Å². The van der Waals surface area contributed by atoms with Gasteiger partial charge in [-0.3, -0.25) is 0 Å². The van der Waals surface area contributed by atoms with Crippen LogP contribution in [0.1, 0.15) is 30.4 Å². The summed E-state index contributed by atoms with van der Waals surface area (Å²) in [6, 6.07) is 7.88. The predicted octanol–water partition coefficient (Wildman–Crippen LogP) is 6.10. The van der Waals surface area contributed by atoms with E-state index in [1.807, 2.05) is 24.3 Å². The molecular weight excluding hydrogens is 567 g/mol. The molecule has 0 saturated carbocycles. The first kappa shape index (κ1) is 36.2. The number of hydrogen-bond acceptors (Lipinski definition) is 8. The smallest absolute Gasteiger partial charge is 0.203 e. The van der Waals surface area contributed by atoms with Crippen LogP contribution in [0, 0.1) is 0 Å². The summed E-state index contributed by atoms with van der Waals surface area (Å²) in [7, 11) is 9.79. The maximum Gasteiger partial charge on any atom is 0.203 e. The summed E-state index contributed by atoms with van der Waals surface area (Å²) in [6.07, 6.45) is 11.9. The first-order valence-corrected chi connectivity index (χ1v) is 13.4. The standard InChI is InChI=1S/C31H44N2O6.2ClH/c1-34-26-20-24(21-27(35-2)30(26)38-5)12-7-9-14-32-16-11-17-33(19-18-32)15-10-8-13-25-22-28(36-3)31(39-6)29(23-25)37-4;;/h7-8,12-13,20-23H,9-11,14-19H2,1-6H3;2*1H/b12-7-,13-8-;;. The van der Waals surface area contributed by atoms with Crippen molar-refractivity contribution in [3.63, 3.8) is 0 Å². The molecule has 2 aromatic rings. The normalized spacial score (nSPS) is 14.2. The highest BCUT2D eigenvalue weighted by Gasteiger charge is 2.15. The maximum absolute atomic E-state index is 5.46. The average molecular weight is 614 g/mol. The van der Waals surface area contributed by atoms with Gasteiger partial charge in [0, 0.05) is 26.2 Å². The van der Waals surface area contributed by atoms with Crippen molar-refractivity contribution in [1.29, 1.82) is 0 Å². The topological polar surface area (TPSA) is 61.9 Å². The SMILES string of the molecule is COc1cc(/C=C\CCN2CCCN(CC/C=C\c3cc(OC)c(OC)c(OC)c3)CC2)cc(OC)c1OC.Cl.Cl. The van der Waals surface area contributed by atoms with Gasteiger partial charge in [0.2, 0.25) is 11.5 Å². The zero-order valence-corrected chi connectivity index (χ0v) is 26.8. The van der Waals surface area contributed by atoms with Crippen molar-refractivity contribution >= 4 is 37.0 Å². The van der Waals surface area contributed by atoms with Crippen molar-refractivity contribution in [3.8, 4) is 34.5 Å². The Morgan fingerprint density at radius 3 is 1.17 bits per heavy atom. The van der Waals surface area contributed by atoms with Crippen molar-refractivity contribution in [2.45, 2.75) is 19.3 Å². The summed E-state index contributed by atoms with van der Waals surface area (Å²) in [5, 5.41) is 0. The van der Waals surface area contributed by atoms with Crippen molar-refractivity contribution in [2.75, 3.05) is 81.9 Å². The fraction of sp³-hybridized carbons (Fsp3) is 0.484. The third kappa shape index (κ3) is 10.5. The van der Waals surface area contributed by atoms with E-state index in [4.69, 9.17) is 28.4 Å². The van der Waals surface area contributed by atoms with Crippen LogP contribution >= 0.6 is 24.8 Å². The Labute approximate surface area is 258 Å². The zero-order valence-electron chi connectivity index (χ0n) is 25.1. The quantitative estimate of drug-likeness (QED) is 0.254. The molecule has 10 heteroatoms. The van der Waals surface area contributed by atoms with Gasteiger partial charge in [-0.15, -0.1) is 24.8 Å². The van der Waals surface area contributed by atoms with Gasteiger partial charge in [-0.2, -0.15) is 0 Å². The summed E-state index contributed by atoms with van der Waals surface area (Å²) in [5.74, 6) is 3.90. The second-order valence-corrected chi connectivity index (χ2v) is 9.34. The first-order valence-electron chi connectivity index (χ1n) is 13.4. The monoisotopic (exact) mass is 612 g/mol. The van der Waals surface area contributed by atoms with Gasteiger partial charge in [0.15, 0.2) is 23.0 Å². The van der Waals surface area contributed by atoms with E-state index >= 15 is 0 Å². The first-order chi connectivity index (χ1) is 19.1. The van der Waals surface area contributed by atoms with Crippen LogP contribution in [0.15, 0.2) is 36.4 Å². The summed E-state index contributed by atoms with van der Waals surface area (Å²) in [5.41, 5.74) is 2.07. The molecule has 0 bridgehead atoms.